The molecule has 10 heteroatoms. The highest BCUT2D eigenvalue weighted by Gasteiger charge is 2.25. The zero-order valence-electron chi connectivity index (χ0n) is 17.4. The number of benzene rings is 1. The van der Waals surface area contributed by atoms with Crippen molar-refractivity contribution >= 4 is 11.8 Å². The molecule has 0 spiro atoms. The van der Waals surface area contributed by atoms with Gasteiger partial charge in [-0.3, -0.25) is 9.69 Å². The lowest BCUT2D eigenvalue weighted by molar-refractivity contribution is -0.138. The molecule has 0 aliphatic carbocycles. The molecule has 0 saturated carbocycles. The highest BCUT2D eigenvalue weighted by molar-refractivity contribution is 5.71. The Morgan fingerprint density at radius 1 is 1.35 bits per heavy atom. The molecule has 3 rings (SSSR count). The molecule has 168 valence electrons. The minimum atomic E-state index is -2.97. The zero-order chi connectivity index (χ0) is 22.5. The van der Waals surface area contributed by atoms with Gasteiger partial charge in [-0.25, -0.2) is 0 Å². The van der Waals surface area contributed by atoms with Crippen molar-refractivity contribution in [2.75, 3.05) is 18.4 Å². The molecule has 2 atom stereocenters. The number of aryl methyl sites for hydroxylation is 1. The van der Waals surface area contributed by atoms with Crippen molar-refractivity contribution in [1.29, 1.82) is 0 Å². The summed E-state index contributed by atoms with van der Waals surface area (Å²) in [6, 6.07) is 5.79. The molecule has 1 fully saturated rings. The second-order valence-corrected chi connectivity index (χ2v) is 7.74. The summed E-state index contributed by atoms with van der Waals surface area (Å²) in [4.78, 5) is 13.1. The number of ether oxygens (including phenoxy) is 1. The number of piperidine rings is 1. The van der Waals surface area contributed by atoms with Crippen molar-refractivity contribution in [3.05, 3.63) is 29.8 Å². The molecular formula is C21H26F2N4O4. The zero-order valence-corrected chi connectivity index (χ0v) is 17.4. The number of likely N-dealkylation sites (tertiary alicyclic amines) is 1. The summed E-state index contributed by atoms with van der Waals surface area (Å²) in [5, 5.41) is 31.0. The van der Waals surface area contributed by atoms with Gasteiger partial charge in [0.25, 0.3) is 0 Å². The number of aromatic hydroxyl groups is 1. The average molecular weight is 436 g/mol. The Morgan fingerprint density at radius 3 is 2.77 bits per heavy atom. The number of anilines is 1. The summed E-state index contributed by atoms with van der Waals surface area (Å²) in [5.74, 6) is -0.599. The van der Waals surface area contributed by atoms with Gasteiger partial charge in [-0.1, -0.05) is 0 Å². The number of carbonyl (C=O) groups is 1. The molecule has 2 heterocycles. The summed E-state index contributed by atoms with van der Waals surface area (Å²) >= 11 is 0. The van der Waals surface area contributed by atoms with Crippen LogP contribution in [0, 0.1) is 6.92 Å². The fourth-order valence-corrected chi connectivity index (χ4v) is 3.83. The van der Waals surface area contributed by atoms with Crippen molar-refractivity contribution in [3.63, 3.8) is 0 Å². The van der Waals surface area contributed by atoms with E-state index in [0.717, 1.165) is 31.0 Å². The maximum absolute atomic E-state index is 12.3. The lowest BCUT2D eigenvalue weighted by Gasteiger charge is -2.36. The standard InChI is InChI=1S/C21H26F2N4O4/c1-12-8-18(24-14-4-3-7-27(11-14)13(2)9-19(29)30)25-26-20(12)16-6-5-15(10-17(16)28)31-21(22)23/h5-6,8,10,13-14,21,28H,3-4,7,9,11H2,1-2H3,(H,24,25)(H,29,30). The Morgan fingerprint density at radius 2 is 2.13 bits per heavy atom. The smallest absolute Gasteiger partial charge is 0.387 e. The van der Waals surface area contributed by atoms with Gasteiger partial charge in [0.15, 0.2) is 0 Å². The predicted molar refractivity (Wildman–Crippen MR) is 110 cm³/mol. The number of nitrogens with one attached hydrogen (secondary N) is 1. The van der Waals surface area contributed by atoms with E-state index in [-0.39, 0.29) is 30.0 Å². The molecule has 2 aromatic rings. The molecule has 31 heavy (non-hydrogen) atoms. The minimum absolute atomic E-state index is 0.0442. The van der Waals surface area contributed by atoms with Gasteiger partial charge in [0, 0.05) is 30.3 Å². The number of aromatic nitrogens is 2. The Kier molecular flexibility index (Phi) is 7.21. The topological polar surface area (TPSA) is 108 Å². The first-order valence-electron chi connectivity index (χ1n) is 10.1. The van der Waals surface area contributed by atoms with Crippen LogP contribution in [0.25, 0.3) is 11.3 Å². The number of carboxylic acid groups (broad SMARTS) is 1. The van der Waals surface area contributed by atoms with Crippen molar-refractivity contribution in [2.45, 2.75) is 51.8 Å². The van der Waals surface area contributed by atoms with Crippen LogP contribution in [0.5, 0.6) is 11.5 Å². The van der Waals surface area contributed by atoms with Crippen LogP contribution >= 0.6 is 0 Å². The molecule has 0 bridgehead atoms. The average Bonchev–Trinajstić information content (AvgIpc) is 2.68. The molecule has 8 nitrogen and oxygen atoms in total. The van der Waals surface area contributed by atoms with E-state index in [1.54, 1.807) is 0 Å². The van der Waals surface area contributed by atoms with E-state index >= 15 is 0 Å². The van der Waals surface area contributed by atoms with Gasteiger partial charge in [-0.2, -0.15) is 8.78 Å². The van der Waals surface area contributed by atoms with Gasteiger partial charge in [0.1, 0.15) is 17.3 Å². The molecule has 0 amide bonds. The molecular weight excluding hydrogens is 410 g/mol. The van der Waals surface area contributed by atoms with E-state index in [0.29, 0.717) is 23.6 Å². The largest absolute Gasteiger partial charge is 0.507 e. The van der Waals surface area contributed by atoms with Crippen LogP contribution in [-0.2, 0) is 4.79 Å². The number of phenolic OH excluding ortho intramolecular Hbond substituents is 1. The summed E-state index contributed by atoms with van der Waals surface area (Å²) < 4.78 is 29.0. The minimum Gasteiger partial charge on any atom is -0.507 e. The summed E-state index contributed by atoms with van der Waals surface area (Å²) in [7, 11) is 0. The predicted octanol–water partition coefficient (Wildman–Crippen LogP) is 3.50. The Bertz CT molecular complexity index is 928. The molecule has 1 aromatic carbocycles. The van der Waals surface area contributed by atoms with Crippen LogP contribution < -0.4 is 10.1 Å². The lowest BCUT2D eigenvalue weighted by atomic mass is 10.0. The van der Waals surface area contributed by atoms with E-state index < -0.39 is 12.6 Å². The molecule has 1 aliphatic rings. The third kappa shape index (κ3) is 6.00. The fourth-order valence-electron chi connectivity index (χ4n) is 3.83. The number of rotatable bonds is 8. The van der Waals surface area contributed by atoms with E-state index in [4.69, 9.17) is 5.11 Å². The first-order valence-corrected chi connectivity index (χ1v) is 10.1. The van der Waals surface area contributed by atoms with Gasteiger partial charge in [0.2, 0.25) is 0 Å². The van der Waals surface area contributed by atoms with Crippen LogP contribution in [0.1, 0.15) is 31.7 Å². The highest BCUT2D eigenvalue weighted by atomic mass is 19.3. The van der Waals surface area contributed by atoms with Crippen molar-refractivity contribution in [2.24, 2.45) is 0 Å². The van der Waals surface area contributed by atoms with Crippen LogP contribution in [0.15, 0.2) is 24.3 Å². The Hall–Kier alpha value is -3.01. The quantitative estimate of drug-likeness (QED) is 0.577. The van der Waals surface area contributed by atoms with Crippen LogP contribution in [0.4, 0.5) is 14.6 Å². The fraction of sp³-hybridized carbons (Fsp3) is 0.476. The normalized spacial score (nSPS) is 18.0. The molecule has 1 aromatic heterocycles. The lowest BCUT2D eigenvalue weighted by Crippen LogP contribution is -2.46. The number of carboxylic acids is 1. The Labute approximate surface area is 178 Å². The second kappa shape index (κ2) is 9.86. The number of alkyl halides is 2. The van der Waals surface area contributed by atoms with E-state index in [1.807, 2.05) is 19.9 Å². The third-order valence-electron chi connectivity index (χ3n) is 5.33. The second-order valence-electron chi connectivity index (χ2n) is 7.74. The Balaban J connectivity index is 1.69. The SMILES string of the molecule is Cc1cc(NC2CCCN(C(C)CC(=O)O)C2)nnc1-c1ccc(OC(F)F)cc1O. The van der Waals surface area contributed by atoms with Crippen LogP contribution in [-0.4, -0.2) is 63.1 Å². The maximum atomic E-state index is 12.3. The van der Waals surface area contributed by atoms with Gasteiger partial charge in [-0.05, 0) is 57.0 Å². The van der Waals surface area contributed by atoms with Gasteiger partial charge >= 0.3 is 12.6 Å². The number of halogens is 2. The van der Waals surface area contributed by atoms with Crippen molar-refractivity contribution in [3.8, 4) is 22.8 Å². The first-order chi connectivity index (χ1) is 14.7. The molecule has 0 radical (unpaired) electrons. The van der Waals surface area contributed by atoms with Crippen molar-refractivity contribution in [1.82, 2.24) is 15.1 Å². The van der Waals surface area contributed by atoms with Gasteiger partial charge in [0.05, 0.1) is 12.1 Å². The van der Waals surface area contributed by atoms with E-state index in [9.17, 15) is 18.7 Å². The van der Waals surface area contributed by atoms with Gasteiger partial charge < -0.3 is 20.3 Å². The molecule has 3 N–H and O–H groups in total. The molecule has 1 aliphatic heterocycles. The number of phenols is 1. The van der Waals surface area contributed by atoms with Crippen LogP contribution in [0.3, 0.4) is 0 Å². The number of hydrogen-bond donors (Lipinski definition) is 3. The van der Waals surface area contributed by atoms with E-state index in [2.05, 4.69) is 25.2 Å². The van der Waals surface area contributed by atoms with E-state index in [1.165, 1.54) is 12.1 Å². The van der Waals surface area contributed by atoms with Crippen molar-refractivity contribution < 1.29 is 28.5 Å². The number of hydrogen-bond acceptors (Lipinski definition) is 7. The molecule has 2 unspecified atom stereocenters. The van der Waals surface area contributed by atoms with Gasteiger partial charge in [-0.15, -0.1) is 10.2 Å². The third-order valence-corrected chi connectivity index (χ3v) is 5.33. The summed E-state index contributed by atoms with van der Waals surface area (Å²) in [5.41, 5.74) is 1.55. The van der Waals surface area contributed by atoms with Crippen LogP contribution in [0.2, 0.25) is 0 Å². The number of nitrogens with zero attached hydrogens (tertiary/aromatic N) is 3. The first kappa shape index (κ1) is 22.7. The highest BCUT2D eigenvalue weighted by Crippen LogP contribution is 2.33. The number of aliphatic carboxylic acids is 1. The summed E-state index contributed by atoms with van der Waals surface area (Å²) in [6.07, 6.45) is 1.99. The monoisotopic (exact) mass is 436 g/mol. The maximum Gasteiger partial charge on any atom is 0.387 e. The summed E-state index contributed by atoms with van der Waals surface area (Å²) in [6.45, 7) is 2.34. The molecule has 1 saturated heterocycles.